The molecule has 106 valence electrons. The maximum Gasteiger partial charge on any atom is 0.176 e. The van der Waals surface area contributed by atoms with Crippen LogP contribution in [-0.2, 0) is 11.2 Å². The van der Waals surface area contributed by atoms with E-state index in [-0.39, 0.29) is 11.8 Å². The smallest absolute Gasteiger partial charge is 0.176 e. The summed E-state index contributed by atoms with van der Waals surface area (Å²) in [5, 5.41) is 0. The maximum absolute atomic E-state index is 12.2. The molecule has 1 aromatic rings. The second-order valence-electron chi connectivity index (χ2n) is 5.09. The Morgan fingerprint density at radius 3 is 2.47 bits per heavy atom. The van der Waals surface area contributed by atoms with Crippen LogP contribution in [0.4, 0.5) is 0 Å². The van der Waals surface area contributed by atoms with Crippen LogP contribution in [0.5, 0.6) is 0 Å². The Bertz CT molecular complexity index is 386. The number of methoxy groups -OCH3 is 1. The molecule has 1 unspecified atom stereocenters. The van der Waals surface area contributed by atoms with E-state index in [1.165, 1.54) is 5.56 Å². The highest BCUT2D eigenvalue weighted by atomic mass is 16.5. The Labute approximate surface area is 116 Å². The van der Waals surface area contributed by atoms with Gasteiger partial charge in [0.15, 0.2) is 5.78 Å². The number of likely N-dealkylation sites (N-methyl/N-ethyl adjacent to an activating group) is 1. The van der Waals surface area contributed by atoms with Crippen molar-refractivity contribution >= 4 is 5.78 Å². The summed E-state index contributed by atoms with van der Waals surface area (Å²) in [7, 11) is 3.63. The first-order valence-corrected chi connectivity index (χ1v) is 6.89. The summed E-state index contributed by atoms with van der Waals surface area (Å²) in [5.74, 6) is 0.161. The molecule has 0 radical (unpaired) electrons. The van der Waals surface area contributed by atoms with Gasteiger partial charge in [-0.2, -0.15) is 0 Å². The van der Waals surface area contributed by atoms with Gasteiger partial charge in [-0.1, -0.05) is 37.6 Å². The molecular weight excluding hydrogens is 238 g/mol. The summed E-state index contributed by atoms with van der Waals surface area (Å²) in [6.07, 6.45) is 2.20. The van der Waals surface area contributed by atoms with E-state index in [0.717, 1.165) is 18.4 Å². The van der Waals surface area contributed by atoms with Crippen molar-refractivity contribution in [2.24, 2.45) is 0 Å². The maximum atomic E-state index is 12.2. The number of nitrogens with zero attached hydrogens (tertiary/aromatic N) is 1. The number of carbonyl (C=O) groups is 1. The van der Waals surface area contributed by atoms with E-state index in [1.807, 2.05) is 24.1 Å². The molecule has 0 amide bonds. The summed E-state index contributed by atoms with van der Waals surface area (Å²) in [6, 6.07) is 8.21. The molecule has 0 saturated heterocycles. The zero-order valence-corrected chi connectivity index (χ0v) is 12.5. The highest BCUT2D eigenvalue weighted by molar-refractivity contribution is 5.97. The molecule has 3 nitrogen and oxygen atoms in total. The van der Waals surface area contributed by atoms with E-state index >= 15 is 0 Å². The lowest BCUT2D eigenvalue weighted by Gasteiger charge is -2.23. The van der Waals surface area contributed by atoms with Crippen molar-refractivity contribution in [3.05, 3.63) is 35.4 Å². The van der Waals surface area contributed by atoms with Crippen molar-refractivity contribution < 1.29 is 9.53 Å². The SMILES string of the molecule is CCCc1ccc(C(=O)CN(C)C(C)COC)cc1. The Kier molecular flexibility index (Phi) is 6.74. The quantitative estimate of drug-likeness (QED) is 0.675. The van der Waals surface area contributed by atoms with Crippen molar-refractivity contribution in [2.45, 2.75) is 32.7 Å². The lowest BCUT2D eigenvalue weighted by molar-refractivity contribution is 0.0841. The van der Waals surface area contributed by atoms with Crippen LogP contribution in [0.15, 0.2) is 24.3 Å². The summed E-state index contributed by atoms with van der Waals surface area (Å²) in [4.78, 5) is 14.2. The van der Waals surface area contributed by atoms with Crippen molar-refractivity contribution in [1.82, 2.24) is 4.90 Å². The number of aryl methyl sites for hydroxylation is 1. The van der Waals surface area contributed by atoms with Crippen molar-refractivity contribution in [1.29, 1.82) is 0 Å². The molecular formula is C16H25NO2. The second-order valence-corrected chi connectivity index (χ2v) is 5.09. The van der Waals surface area contributed by atoms with Gasteiger partial charge in [0.25, 0.3) is 0 Å². The average Bonchev–Trinajstić information content (AvgIpc) is 2.40. The fourth-order valence-corrected chi connectivity index (χ4v) is 1.99. The van der Waals surface area contributed by atoms with Gasteiger partial charge < -0.3 is 4.74 Å². The van der Waals surface area contributed by atoms with Gasteiger partial charge in [0, 0.05) is 18.7 Å². The highest BCUT2D eigenvalue weighted by Crippen LogP contribution is 2.08. The lowest BCUT2D eigenvalue weighted by atomic mass is 10.0. The molecule has 1 rings (SSSR count). The number of carbonyl (C=O) groups excluding carboxylic acids is 1. The minimum atomic E-state index is 0.161. The van der Waals surface area contributed by atoms with Crippen LogP contribution in [0.1, 0.15) is 36.2 Å². The molecule has 1 atom stereocenters. The largest absolute Gasteiger partial charge is 0.383 e. The van der Waals surface area contributed by atoms with Gasteiger partial charge in [0.05, 0.1) is 13.2 Å². The standard InChI is InChI=1S/C16H25NO2/c1-5-6-14-7-9-15(10-8-14)16(18)11-17(3)13(2)12-19-4/h7-10,13H,5-6,11-12H2,1-4H3. The van der Waals surface area contributed by atoms with Crippen LogP contribution in [0.25, 0.3) is 0 Å². The van der Waals surface area contributed by atoms with Crippen LogP contribution >= 0.6 is 0 Å². The highest BCUT2D eigenvalue weighted by Gasteiger charge is 2.14. The Hall–Kier alpha value is -1.19. The van der Waals surface area contributed by atoms with Crippen LogP contribution in [0.3, 0.4) is 0 Å². The Morgan fingerprint density at radius 1 is 1.32 bits per heavy atom. The molecule has 0 spiro atoms. The minimum Gasteiger partial charge on any atom is -0.383 e. The zero-order valence-electron chi connectivity index (χ0n) is 12.5. The number of rotatable bonds is 8. The molecule has 1 aromatic carbocycles. The van der Waals surface area contributed by atoms with Gasteiger partial charge in [-0.05, 0) is 26.0 Å². The third-order valence-corrected chi connectivity index (χ3v) is 3.37. The first-order chi connectivity index (χ1) is 9.08. The topological polar surface area (TPSA) is 29.5 Å². The fourth-order valence-electron chi connectivity index (χ4n) is 1.99. The molecule has 0 aliphatic rings. The summed E-state index contributed by atoms with van der Waals surface area (Å²) < 4.78 is 5.10. The minimum absolute atomic E-state index is 0.161. The molecule has 0 aliphatic carbocycles. The third kappa shape index (κ3) is 5.13. The van der Waals surface area contributed by atoms with Gasteiger partial charge in [0.2, 0.25) is 0 Å². The summed E-state index contributed by atoms with van der Waals surface area (Å²) in [6.45, 7) is 5.28. The van der Waals surface area contributed by atoms with Crippen molar-refractivity contribution in [3.8, 4) is 0 Å². The Balaban J connectivity index is 2.57. The van der Waals surface area contributed by atoms with Gasteiger partial charge in [0.1, 0.15) is 0 Å². The van der Waals surface area contributed by atoms with Crippen molar-refractivity contribution in [3.63, 3.8) is 0 Å². The van der Waals surface area contributed by atoms with Crippen LogP contribution in [0.2, 0.25) is 0 Å². The molecule has 0 bridgehead atoms. The van der Waals surface area contributed by atoms with Gasteiger partial charge in [-0.15, -0.1) is 0 Å². The first-order valence-electron chi connectivity index (χ1n) is 6.89. The molecule has 19 heavy (non-hydrogen) atoms. The van der Waals surface area contributed by atoms with Gasteiger partial charge >= 0.3 is 0 Å². The van der Waals surface area contributed by atoms with E-state index in [9.17, 15) is 4.79 Å². The van der Waals surface area contributed by atoms with E-state index in [2.05, 4.69) is 26.0 Å². The number of ketones is 1. The van der Waals surface area contributed by atoms with E-state index in [0.29, 0.717) is 13.2 Å². The monoisotopic (exact) mass is 263 g/mol. The number of benzene rings is 1. The predicted molar refractivity (Wildman–Crippen MR) is 78.7 cm³/mol. The van der Waals surface area contributed by atoms with E-state index in [4.69, 9.17) is 4.74 Å². The normalized spacial score (nSPS) is 12.7. The predicted octanol–water partition coefficient (Wildman–Crippen LogP) is 2.79. The molecule has 0 N–H and O–H groups in total. The van der Waals surface area contributed by atoms with Gasteiger partial charge in [-0.3, -0.25) is 9.69 Å². The number of ether oxygens (including phenoxy) is 1. The van der Waals surface area contributed by atoms with E-state index < -0.39 is 0 Å². The van der Waals surface area contributed by atoms with Gasteiger partial charge in [-0.25, -0.2) is 0 Å². The second kappa shape index (κ2) is 8.08. The average molecular weight is 263 g/mol. The van der Waals surface area contributed by atoms with E-state index in [1.54, 1.807) is 7.11 Å². The lowest BCUT2D eigenvalue weighted by Crippen LogP contribution is -2.36. The summed E-state index contributed by atoms with van der Waals surface area (Å²) in [5.41, 5.74) is 2.08. The van der Waals surface area contributed by atoms with Crippen LogP contribution in [0, 0.1) is 0 Å². The van der Waals surface area contributed by atoms with Crippen LogP contribution < -0.4 is 0 Å². The molecule has 0 fully saturated rings. The summed E-state index contributed by atoms with van der Waals surface area (Å²) >= 11 is 0. The third-order valence-electron chi connectivity index (χ3n) is 3.37. The molecule has 3 heteroatoms. The number of hydrogen-bond donors (Lipinski definition) is 0. The fraction of sp³-hybridized carbons (Fsp3) is 0.562. The first kappa shape index (κ1) is 15.9. The number of Topliss-reactive ketones (excluding diaryl/α,β-unsaturated/α-hetero) is 1. The molecule has 0 heterocycles. The van der Waals surface area contributed by atoms with Crippen LogP contribution in [-0.4, -0.2) is 44.0 Å². The zero-order chi connectivity index (χ0) is 14.3. The Morgan fingerprint density at radius 2 is 1.95 bits per heavy atom. The molecule has 0 aromatic heterocycles. The van der Waals surface area contributed by atoms with Crippen molar-refractivity contribution in [2.75, 3.05) is 27.3 Å². The number of hydrogen-bond acceptors (Lipinski definition) is 3. The molecule has 0 aliphatic heterocycles. The molecule has 0 saturated carbocycles.